The lowest BCUT2D eigenvalue weighted by Crippen LogP contribution is -2.13. The molecular weight excluding hydrogens is 160 g/mol. The molecule has 0 unspecified atom stereocenters. The molecule has 0 fully saturated rings. The van der Waals surface area contributed by atoms with Crippen LogP contribution < -0.4 is 0 Å². The van der Waals surface area contributed by atoms with Crippen LogP contribution >= 0.6 is 0 Å². The van der Waals surface area contributed by atoms with Crippen LogP contribution in [-0.2, 0) is 23.9 Å². The molecule has 6 heteroatoms. The van der Waals surface area contributed by atoms with Gasteiger partial charge in [0.05, 0.1) is 6.26 Å². The summed E-state index contributed by atoms with van der Waals surface area (Å²) in [6, 6.07) is 0. The molecule has 1 radical (unpaired) electrons. The first-order valence-corrected chi connectivity index (χ1v) is 4.03. The van der Waals surface area contributed by atoms with E-state index in [0.29, 0.717) is 0 Å². The van der Waals surface area contributed by atoms with Gasteiger partial charge < -0.3 is 0 Å². The maximum Gasteiger partial charge on any atom is 0.274 e. The number of hydrogen-bond acceptors (Lipinski definition) is 5. The zero-order valence-electron chi connectivity index (χ0n) is 5.16. The predicted octanol–water partition coefficient (Wildman–Crippen LogP) is -1.36. The molecule has 0 atom stereocenters. The Morgan fingerprint density at radius 3 is 2.40 bits per heavy atom. The van der Waals surface area contributed by atoms with Gasteiger partial charge in [-0.05, 0) is 0 Å². The lowest BCUT2D eigenvalue weighted by atomic mass is 10.5. The Kier molecular flexibility index (Phi) is 3.17. The van der Waals surface area contributed by atoms with E-state index in [9.17, 15) is 18.0 Å². The number of hydrogen-bond donors (Lipinski definition) is 0. The lowest BCUT2D eigenvalue weighted by molar-refractivity contribution is -0.114. The minimum absolute atomic E-state index is 0.762. The average molecular weight is 165 g/mol. The Morgan fingerprint density at radius 2 is 2.10 bits per heavy atom. The Morgan fingerprint density at radius 1 is 1.60 bits per heavy atom. The first-order chi connectivity index (χ1) is 4.45. The smallest absolute Gasteiger partial charge is 0.274 e. The largest absolute Gasteiger partial charge is 0.288 e. The second kappa shape index (κ2) is 3.43. The first kappa shape index (κ1) is 9.25. The summed E-state index contributed by atoms with van der Waals surface area (Å²) < 4.78 is 24.2. The standard InChI is InChI=1S/C4H5O5S/c1-10(7,8)9-3-4(6)2-5/h3H2,1H3. The summed E-state index contributed by atoms with van der Waals surface area (Å²) in [5.41, 5.74) is 0. The highest BCUT2D eigenvalue weighted by Crippen LogP contribution is 1.84. The van der Waals surface area contributed by atoms with E-state index in [0.717, 1.165) is 12.5 Å². The van der Waals surface area contributed by atoms with Crippen LogP contribution in [0.3, 0.4) is 0 Å². The zero-order valence-corrected chi connectivity index (χ0v) is 5.97. The Bertz CT molecular complexity index is 226. The van der Waals surface area contributed by atoms with Gasteiger partial charge in [0.2, 0.25) is 5.78 Å². The molecule has 0 aromatic carbocycles. The summed E-state index contributed by atoms with van der Waals surface area (Å²) >= 11 is 0. The van der Waals surface area contributed by atoms with E-state index in [-0.39, 0.29) is 0 Å². The predicted molar refractivity (Wildman–Crippen MR) is 31.5 cm³/mol. The third-order valence-electron chi connectivity index (χ3n) is 0.518. The number of carbonyl (C=O) groups excluding carboxylic acids is 2. The SMILES string of the molecule is CS(=O)(=O)OCC(=O)[C]=O. The third-order valence-corrected chi connectivity index (χ3v) is 1.06. The van der Waals surface area contributed by atoms with Gasteiger partial charge in [0.1, 0.15) is 6.61 Å². The van der Waals surface area contributed by atoms with Crippen molar-refractivity contribution >= 4 is 22.2 Å². The molecule has 0 rings (SSSR count). The molecule has 57 valence electrons. The van der Waals surface area contributed by atoms with E-state index in [1.165, 1.54) is 0 Å². The second-order valence-electron chi connectivity index (χ2n) is 1.49. The van der Waals surface area contributed by atoms with Gasteiger partial charge in [0.25, 0.3) is 16.4 Å². The number of rotatable bonds is 4. The Hall–Kier alpha value is -0.750. The van der Waals surface area contributed by atoms with Crippen molar-refractivity contribution in [1.29, 1.82) is 0 Å². The van der Waals surface area contributed by atoms with Gasteiger partial charge in [-0.2, -0.15) is 8.42 Å². The minimum atomic E-state index is -3.63. The maximum atomic E-state index is 10.1. The molecule has 5 nitrogen and oxygen atoms in total. The highest BCUT2D eigenvalue weighted by molar-refractivity contribution is 7.86. The molecule has 10 heavy (non-hydrogen) atoms. The average Bonchev–Trinajstić information content (AvgIpc) is 1.81. The summed E-state index contributed by atoms with van der Waals surface area (Å²) in [4.78, 5) is 19.5. The molecule has 0 saturated heterocycles. The summed E-state index contributed by atoms with van der Waals surface area (Å²) in [5.74, 6) is -1.02. The van der Waals surface area contributed by atoms with Crippen LogP contribution in [0, 0.1) is 0 Å². The fourth-order valence-corrected chi connectivity index (χ4v) is 0.511. The van der Waals surface area contributed by atoms with Crippen LogP contribution in [0.4, 0.5) is 0 Å². The summed E-state index contributed by atoms with van der Waals surface area (Å²) in [5, 5.41) is 0. The van der Waals surface area contributed by atoms with E-state index in [1.807, 2.05) is 0 Å². The summed E-state index contributed by atoms with van der Waals surface area (Å²) in [6.07, 6.45) is 1.74. The molecule has 0 aliphatic carbocycles. The van der Waals surface area contributed by atoms with Crippen molar-refractivity contribution in [2.24, 2.45) is 0 Å². The molecule has 0 bridgehead atoms. The van der Waals surface area contributed by atoms with Crippen molar-refractivity contribution in [3.8, 4) is 0 Å². The molecular formula is C4H5O5S. The monoisotopic (exact) mass is 165 g/mol. The van der Waals surface area contributed by atoms with Crippen LogP contribution in [0.15, 0.2) is 0 Å². The van der Waals surface area contributed by atoms with Crippen molar-refractivity contribution < 1.29 is 22.2 Å². The van der Waals surface area contributed by atoms with Crippen molar-refractivity contribution in [2.45, 2.75) is 0 Å². The van der Waals surface area contributed by atoms with E-state index < -0.39 is 22.5 Å². The highest BCUT2D eigenvalue weighted by atomic mass is 32.2. The quantitative estimate of drug-likeness (QED) is 0.380. The topological polar surface area (TPSA) is 77.5 Å². The fraction of sp³-hybridized carbons (Fsp3) is 0.500. The van der Waals surface area contributed by atoms with Gasteiger partial charge in [-0.25, -0.2) is 0 Å². The van der Waals surface area contributed by atoms with Crippen LogP contribution in [0.25, 0.3) is 0 Å². The molecule has 0 aromatic heterocycles. The van der Waals surface area contributed by atoms with Crippen molar-refractivity contribution in [2.75, 3.05) is 12.9 Å². The van der Waals surface area contributed by atoms with Gasteiger partial charge in [0, 0.05) is 0 Å². The molecule has 0 aromatic rings. The van der Waals surface area contributed by atoms with E-state index >= 15 is 0 Å². The highest BCUT2D eigenvalue weighted by Gasteiger charge is 2.06. The number of carbonyl (C=O) groups is 1. The fourth-order valence-electron chi connectivity index (χ4n) is 0.190. The molecule has 0 saturated carbocycles. The van der Waals surface area contributed by atoms with Crippen LogP contribution in [-0.4, -0.2) is 33.3 Å². The number of Topliss-reactive ketones (excluding diaryl/α,β-unsaturated/α-hetero) is 1. The normalized spacial score (nSPS) is 10.9. The third kappa shape index (κ3) is 5.39. The van der Waals surface area contributed by atoms with Crippen molar-refractivity contribution in [1.82, 2.24) is 0 Å². The van der Waals surface area contributed by atoms with E-state index in [1.54, 1.807) is 0 Å². The molecule has 0 spiro atoms. The van der Waals surface area contributed by atoms with Gasteiger partial charge in [-0.1, -0.05) is 0 Å². The Balaban J connectivity index is 3.78. The van der Waals surface area contributed by atoms with Crippen molar-refractivity contribution in [3.05, 3.63) is 0 Å². The van der Waals surface area contributed by atoms with Gasteiger partial charge in [-0.3, -0.25) is 13.8 Å². The van der Waals surface area contributed by atoms with Gasteiger partial charge in [-0.15, -0.1) is 0 Å². The first-order valence-electron chi connectivity index (χ1n) is 2.21. The molecule has 0 aliphatic heterocycles. The maximum absolute atomic E-state index is 10.1. The van der Waals surface area contributed by atoms with E-state index in [4.69, 9.17) is 0 Å². The van der Waals surface area contributed by atoms with Gasteiger partial charge >= 0.3 is 0 Å². The molecule has 0 amide bonds. The lowest BCUT2D eigenvalue weighted by Gasteiger charge is -1.93. The van der Waals surface area contributed by atoms with E-state index in [2.05, 4.69) is 4.18 Å². The van der Waals surface area contributed by atoms with Gasteiger partial charge in [0.15, 0.2) is 0 Å². The second-order valence-corrected chi connectivity index (χ2v) is 3.14. The van der Waals surface area contributed by atoms with Crippen LogP contribution in [0.2, 0.25) is 0 Å². The van der Waals surface area contributed by atoms with Crippen LogP contribution in [0.5, 0.6) is 0 Å². The molecule has 0 heterocycles. The Labute approximate surface area is 58.1 Å². The number of ketones is 1. The minimum Gasteiger partial charge on any atom is -0.288 e. The van der Waals surface area contributed by atoms with Crippen molar-refractivity contribution in [3.63, 3.8) is 0 Å². The summed E-state index contributed by atoms with van der Waals surface area (Å²) in [6.45, 7) is -0.762. The molecule has 0 aliphatic rings. The summed E-state index contributed by atoms with van der Waals surface area (Å²) in [7, 11) is -3.63. The zero-order chi connectivity index (χ0) is 8.20. The molecule has 0 N–H and O–H groups in total. The van der Waals surface area contributed by atoms with Crippen LogP contribution in [0.1, 0.15) is 0 Å².